The molecule has 1 aliphatic carbocycles. The maximum Gasteiger partial charge on any atom is 0.387 e. The predicted molar refractivity (Wildman–Crippen MR) is 97.0 cm³/mol. The molecule has 5 heteroatoms. The summed E-state index contributed by atoms with van der Waals surface area (Å²) in [5.74, 6) is 0.157. The first-order valence-electron chi connectivity index (χ1n) is 8.47. The Kier molecular flexibility index (Phi) is 6.05. The van der Waals surface area contributed by atoms with Gasteiger partial charge in [-0.1, -0.05) is 46.3 Å². The molecule has 134 valence electrons. The van der Waals surface area contributed by atoms with E-state index in [4.69, 9.17) is 0 Å². The van der Waals surface area contributed by atoms with Crippen molar-refractivity contribution in [3.8, 4) is 16.9 Å². The van der Waals surface area contributed by atoms with Crippen molar-refractivity contribution in [1.82, 2.24) is 0 Å². The number of ether oxygens (including phenoxy) is 1. The Morgan fingerprint density at radius 2 is 1.60 bits per heavy atom. The molecule has 0 N–H and O–H groups in total. The average molecular weight is 413 g/mol. The van der Waals surface area contributed by atoms with Gasteiger partial charge in [-0.2, -0.15) is 8.78 Å². The van der Waals surface area contributed by atoms with Gasteiger partial charge in [-0.25, -0.2) is 4.39 Å². The van der Waals surface area contributed by atoms with Gasteiger partial charge in [0.05, 0.1) is 0 Å². The van der Waals surface area contributed by atoms with Crippen molar-refractivity contribution in [2.24, 2.45) is 5.92 Å². The summed E-state index contributed by atoms with van der Waals surface area (Å²) in [5.41, 5.74) is 2.82. The number of hydrogen-bond donors (Lipinski definition) is 0. The van der Waals surface area contributed by atoms with Gasteiger partial charge in [0.1, 0.15) is 0 Å². The zero-order valence-electron chi connectivity index (χ0n) is 13.7. The van der Waals surface area contributed by atoms with Crippen molar-refractivity contribution in [3.05, 3.63) is 53.8 Å². The van der Waals surface area contributed by atoms with E-state index < -0.39 is 18.2 Å². The Labute approximate surface area is 154 Å². The molecule has 2 aromatic rings. The van der Waals surface area contributed by atoms with Gasteiger partial charge >= 0.3 is 6.61 Å². The third kappa shape index (κ3) is 4.57. The van der Waals surface area contributed by atoms with Gasteiger partial charge in [0.15, 0.2) is 11.6 Å². The normalized spacial score (nSPS) is 20.7. The van der Waals surface area contributed by atoms with Crippen LogP contribution in [-0.4, -0.2) is 11.9 Å². The Balaban J connectivity index is 1.71. The Morgan fingerprint density at radius 1 is 0.960 bits per heavy atom. The second-order valence-corrected chi connectivity index (χ2v) is 7.17. The largest absolute Gasteiger partial charge is 0.432 e. The minimum atomic E-state index is -3.03. The van der Waals surface area contributed by atoms with Crippen molar-refractivity contribution in [3.63, 3.8) is 0 Å². The fraction of sp³-hybridized carbons (Fsp3) is 0.400. The smallest absolute Gasteiger partial charge is 0.387 e. The number of benzene rings is 2. The third-order valence-corrected chi connectivity index (χ3v) is 5.84. The van der Waals surface area contributed by atoms with Crippen LogP contribution in [0.15, 0.2) is 42.5 Å². The molecule has 1 nitrogen and oxygen atoms in total. The maximum absolute atomic E-state index is 13.9. The molecule has 0 unspecified atom stereocenters. The van der Waals surface area contributed by atoms with Gasteiger partial charge in [0, 0.05) is 5.33 Å². The Hall–Kier alpha value is -1.49. The van der Waals surface area contributed by atoms with Gasteiger partial charge in [0.2, 0.25) is 0 Å². The van der Waals surface area contributed by atoms with Crippen LogP contribution in [0.4, 0.5) is 13.2 Å². The highest BCUT2D eigenvalue weighted by Crippen LogP contribution is 2.37. The van der Waals surface area contributed by atoms with E-state index >= 15 is 0 Å². The monoisotopic (exact) mass is 412 g/mol. The summed E-state index contributed by atoms with van der Waals surface area (Å²) >= 11 is 3.57. The number of alkyl halides is 3. The number of hydrogen-bond acceptors (Lipinski definition) is 1. The van der Waals surface area contributed by atoms with E-state index in [1.807, 2.05) is 12.1 Å². The predicted octanol–water partition coefficient (Wildman–Crippen LogP) is 6.76. The number of halogens is 4. The van der Waals surface area contributed by atoms with E-state index in [1.54, 1.807) is 6.07 Å². The minimum Gasteiger partial charge on any atom is -0.432 e. The molecule has 25 heavy (non-hydrogen) atoms. The van der Waals surface area contributed by atoms with Crippen LogP contribution in [0, 0.1) is 11.7 Å². The highest BCUT2D eigenvalue weighted by molar-refractivity contribution is 9.09. The summed E-state index contributed by atoms with van der Waals surface area (Å²) in [6.07, 6.45) is 4.89. The van der Waals surface area contributed by atoms with Crippen LogP contribution >= 0.6 is 15.9 Å². The Morgan fingerprint density at radius 3 is 2.16 bits per heavy atom. The SMILES string of the molecule is Fc1cc(-c2ccc([C@H]3CC[C@H](CBr)CC3)cc2)ccc1OC(F)F. The van der Waals surface area contributed by atoms with E-state index in [9.17, 15) is 13.2 Å². The molecule has 2 aromatic carbocycles. The minimum absolute atomic E-state index is 0.432. The molecule has 0 radical (unpaired) electrons. The molecule has 1 aliphatic rings. The standard InChI is InChI=1S/C20H20BrF3O/c21-12-13-1-3-14(4-2-13)15-5-7-16(8-6-15)17-9-10-19(18(22)11-17)25-20(23)24/h5-11,13-14,20H,1-4,12H2/t13-,14-. The summed E-state index contributed by atoms with van der Waals surface area (Å²) in [5, 5.41) is 1.08. The van der Waals surface area contributed by atoms with Gasteiger partial charge in [-0.05, 0) is 66.3 Å². The van der Waals surface area contributed by atoms with Crippen LogP contribution < -0.4 is 4.74 Å². The molecular formula is C20H20BrF3O. The zero-order valence-corrected chi connectivity index (χ0v) is 15.3. The summed E-state index contributed by atoms with van der Waals surface area (Å²) in [6, 6.07) is 12.2. The first-order valence-corrected chi connectivity index (χ1v) is 9.59. The second-order valence-electron chi connectivity index (χ2n) is 6.52. The molecule has 0 atom stereocenters. The van der Waals surface area contributed by atoms with Crippen molar-refractivity contribution in [2.75, 3.05) is 5.33 Å². The summed E-state index contributed by atoms with van der Waals surface area (Å²) in [6.45, 7) is -3.03. The lowest BCUT2D eigenvalue weighted by molar-refractivity contribution is -0.0521. The first-order chi connectivity index (χ1) is 12.1. The van der Waals surface area contributed by atoms with Gasteiger partial charge < -0.3 is 4.74 Å². The number of rotatable bonds is 5. The average Bonchev–Trinajstić information content (AvgIpc) is 2.63. The Bertz CT molecular complexity index is 695. The topological polar surface area (TPSA) is 9.23 Å². The van der Waals surface area contributed by atoms with Crippen LogP contribution in [0.5, 0.6) is 5.75 Å². The van der Waals surface area contributed by atoms with Crippen LogP contribution in [-0.2, 0) is 0 Å². The molecule has 0 bridgehead atoms. The van der Waals surface area contributed by atoms with Crippen molar-refractivity contribution in [1.29, 1.82) is 0 Å². The van der Waals surface area contributed by atoms with Gasteiger partial charge in [-0.3, -0.25) is 0 Å². The molecule has 3 rings (SSSR count). The quantitative estimate of drug-likeness (QED) is 0.492. The fourth-order valence-corrected chi connectivity index (χ4v) is 4.12. The van der Waals surface area contributed by atoms with Gasteiger partial charge in [0.25, 0.3) is 0 Å². The highest BCUT2D eigenvalue weighted by atomic mass is 79.9. The summed E-state index contributed by atoms with van der Waals surface area (Å²) < 4.78 is 42.4. The molecule has 1 saturated carbocycles. The molecule has 0 heterocycles. The lowest BCUT2D eigenvalue weighted by Crippen LogP contribution is -2.14. The van der Waals surface area contributed by atoms with E-state index in [0.717, 1.165) is 16.8 Å². The molecule has 0 spiro atoms. The lowest BCUT2D eigenvalue weighted by Gasteiger charge is -2.27. The van der Waals surface area contributed by atoms with E-state index in [2.05, 4.69) is 32.8 Å². The van der Waals surface area contributed by atoms with E-state index in [1.165, 1.54) is 43.4 Å². The summed E-state index contributed by atoms with van der Waals surface area (Å²) in [7, 11) is 0. The van der Waals surface area contributed by atoms with Crippen molar-refractivity contribution >= 4 is 15.9 Å². The van der Waals surface area contributed by atoms with Crippen LogP contribution in [0.3, 0.4) is 0 Å². The van der Waals surface area contributed by atoms with Crippen molar-refractivity contribution in [2.45, 2.75) is 38.2 Å². The fourth-order valence-electron chi connectivity index (χ4n) is 3.47. The first kappa shape index (κ1) is 18.3. The molecule has 0 saturated heterocycles. The zero-order chi connectivity index (χ0) is 17.8. The second kappa shape index (κ2) is 8.26. The van der Waals surface area contributed by atoms with Gasteiger partial charge in [-0.15, -0.1) is 0 Å². The third-order valence-electron chi connectivity index (χ3n) is 4.93. The van der Waals surface area contributed by atoms with E-state index in [-0.39, 0.29) is 0 Å². The van der Waals surface area contributed by atoms with Crippen molar-refractivity contribution < 1.29 is 17.9 Å². The lowest BCUT2D eigenvalue weighted by atomic mass is 9.79. The molecule has 0 amide bonds. The van der Waals surface area contributed by atoms with Crippen LogP contribution in [0.25, 0.3) is 11.1 Å². The maximum atomic E-state index is 13.9. The van der Waals surface area contributed by atoms with Crippen LogP contribution in [0.1, 0.15) is 37.2 Å². The van der Waals surface area contributed by atoms with E-state index in [0.29, 0.717) is 11.5 Å². The summed E-state index contributed by atoms with van der Waals surface area (Å²) in [4.78, 5) is 0. The van der Waals surface area contributed by atoms with Crippen LogP contribution in [0.2, 0.25) is 0 Å². The molecule has 0 aliphatic heterocycles. The molecular weight excluding hydrogens is 393 g/mol. The molecule has 1 fully saturated rings. The highest BCUT2D eigenvalue weighted by Gasteiger charge is 2.21. The molecule has 0 aromatic heterocycles.